The van der Waals surface area contributed by atoms with Crippen molar-refractivity contribution < 1.29 is 4.74 Å². The summed E-state index contributed by atoms with van der Waals surface area (Å²) in [4.78, 5) is 2.70. The first-order valence-corrected chi connectivity index (χ1v) is 7.83. The minimum atomic E-state index is 0.547. The fourth-order valence-electron chi connectivity index (χ4n) is 3.35. The van der Waals surface area contributed by atoms with E-state index in [1.165, 1.54) is 45.3 Å². The number of nitrogens with zero attached hydrogens (tertiary/aromatic N) is 1. The molecule has 2 atom stereocenters. The molecule has 18 heavy (non-hydrogen) atoms. The van der Waals surface area contributed by atoms with E-state index in [-0.39, 0.29) is 0 Å². The summed E-state index contributed by atoms with van der Waals surface area (Å²) in [5.74, 6) is 0.788. The van der Waals surface area contributed by atoms with Gasteiger partial charge in [-0.1, -0.05) is 13.8 Å². The lowest BCUT2D eigenvalue weighted by atomic mass is 9.84. The van der Waals surface area contributed by atoms with Gasteiger partial charge in [-0.3, -0.25) is 4.90 Å². The number of hydrogen-bond acceptors (Lipinski definition) is 3. The summed E-state index contributed by atoms with van der Waals surface area (Å²) in [7, 11) is 0. The summed E-state index contributed by atoms with van der Waals surface area (Å²) in [6, 6.07) is 1.54. The van der Waals surface area contributed by atoms with E-state index in [1.807, 2.05) is 0 Å². The van der Waals surface area contributed by atoms with Gasteiger partial charge in [-0.25, -0.2) is 0 Å². The highest BCUT2D eigenvalue weighted by Gasteiger charge is 2.37. The molecule has 3 nitrogen and oxygen atoms in total. The van der Waals surface area contributed by atoms with E-state index in [1.54, 1.807) is 0 Å². The average Bonchev–Trinajstić information content (AvgIpc) is 2.32. The quantitative estimate of drug-likeness (QED) is 0.787. The van der Waals surface area contributed by atoms with Crippen molar-refractivity contribution in [3.63, 3.8) is 0 Å². The maximum Gasteiger partial charge on any atom is 0.0604 e. The highest BCUT2D eigenvalue weighted by molar-refractivity contribution is 4.92. The first-order valence-electron chi connectivity index (χ1n) is 7.83. The van der Waals surface area contributed by atoms with E-state index in [0.29, 0.717) is 6.10 Å². The van der Waals surface area contributed by atoms with Crippen molar-refractivity contribution in [1.82, 2.24) is 10.2 Å². The molecule has 1 saturated heterocycles. The standard InChI is InChI=1S/C15H30N2O/c1-4-7-16-15-6-8-17(11-12(15)3)13-9-14(10-13)18-5-2/h12-16H,4-11H2,1-3H3. The fraction of sp³-hybridized carbons (Fsp3) is 1.00. The molecule has 1 saturated carbocycles. The highest BCUT2D eigenvalue weighted by atomic mass is 16.5. The maximum absolute atomic E-state index is 5.66. The van der Waals surface area contributed by atoms with Crippen LogP contribution in [0.2, 0.25) is 0 Å². The number of piperidine rings is 1. The molecule has 0 aromatic heterocycles. The third-order valence-electron chi connectivity index (χ3n) is 4.58. The summed E-state index contributed by atoms with van der Waals surface area (Å²) in [5.41, 5.74) is 0. The van der Waals surface area contributed by atoms with E-state index in [2.05, 4.69) is 31.0 Å². The molecule has 1 aliphatic heterocycles. The molecule has 3 heteroatoms. The third-order valence-corrected chi connectivity index (χ3v) is 4.58. The van der Waals surface area contributed by atoms with Gasteiger partial charge in [0.05, 0.1) is 6.10 Å². The smallest absolute Gasteiger partial charge is 0.0604 e. The van der Waals surface area contributed by atoms with Crippen molar-refractivity contribution in [3.8, 4) is 0 Å². The number of rotatable bonds is 6. The second kappa shape index (κ2) is 6.88. The number of hydrogen-bond donors (Lipinski definition) is 1. The molecular weight excluding hydrogens is 224 g/mol. The molecule has 0 amide bonds. The van der Waals surface area contributed by atoms with Gasteiger partial charge in [-0.2, -0.15) is 0 Å². The predicted octanol–water partition coefficient (Wildman–Crippen LogP) is 2.26. The zero-order valence-corrected chi connectivity index (χ0v) is 12.3. The Hall–Kier alpha value is -0.120. The molecule has 0 radical (unpaired) electrons. The Balaban J connectivity index is 1.69. The largest absolute Gasteiger partial charge is 0.378 e. The minimum absolute atomic E-state index is 0.547. The van der Waals surface area contributed by atoms with Gasteiger partial charge in [0.25, 0.3) is 0 Å². The van der Waals surface area contributed by atoms with Gasteiger partial charge in [0.2, 0.25) is 0 Å². The van der Waals surface area contributed by atoms with Crippen LogP contribution in [0.1, 0.15) is 46.5 Å². The lowest BCUT2D eigenvalue weighted by Crippen LogP contribution is -2.56. The van der Waals surface area contributed by atoms with Crippen LogP contribution in [0.3, 0.4) is 0 Å². The average molecular weight is 254 g/mol. The van der Waals surface area contributed by atoms with Gasteiger partial charge in [0, 0.05) is 25.2 Å². The molecule has 106 valence electrons. The molecule has 1 aliphatic carbocycles. The molecule has 0 aromatic carbocycles. The van der Waals surface area contributed by atoms with E-state index >= 15 is 0 Å². The summed E-state index contributed by atoms with van der Waals surface area (Å²) in [5, 5.41) is 3.69. The van der Waals surface area contributed by atoms with Crippen LogP contribution >= 0.6 is 0 Å². The maximum atomic E-state index is 5.66. The fourth-order valence-corrected chi connectivity index (χ4v) is 3.35. The number of nitrogens with one attached hydrogen (secondary N) is 1. The normalized spacial score (nSPS) is 37.5. The van der Waals surface area contributed by atoms with Gasteiger partial charge >= 0.3 is 0 Å². The summed E-state index contributed by atoms with van der Waals surface area (Å²) in [6.07, 6.45) is 5.62. The first-order chi connectivity index (χ1) is 8.74. The number of likely N-dealkylation sites (tertiary alicyclic amines) is 1. The van der Waals surface area contributed by atoms with E-state index in [4.69, 9.17) is 4.74 Å². The number of ether oxygens (including phenoxy) is 1. The van der Waals surface area contributed by atoms with Crippen molar-refractivity contribution in [2.75, 3.05) is 26.2 Å². The molecule has 0 bridgehead atoms. The zero-order valence-electron chi connectivity index (χ0n) is 12.3. The topological polar surface area (TPSA) is 24.5 Å². The molecule has 2 rings (SSSR count). The van der Waals surface area contributed by atoms with E-state index < -0.39 is 0 Å². The van der Waals surface area contributed by atoms with Crippen LogP contribution in [-0.2, 0) is 4.74 Å². The predicted molar refractivity (Wildman–Crippen MR) is 75.9 cm³/mol. The molecule has 1 heterocycles. The zero-order chi connectivity index (χ0) is 13.0. The Bertz CT molecular complexity index is 241. The lowest BCUT2D eigenvalue weighted by molar-refractivity contribution is -0.0573. The van der Waals surface area contributed by atoms with Crippen molar-refractivity contribution in [2.45, 2.75) is 64.6 Å². The molecular formula is C15H30N2O. The van der Waals surface area contributed by atoms with Crippen LogP contribution in [0.4, 0.5) is 0 Å². The van der Waals surface area contributed by atoms with Crippen LogP contribution in [0.25, 0.3) is 0 Å². The van der Waals surface area contributed by atoms with Crippen LogP contribution in [0.15, 0.2) is 0 Å². The SMILES string of the molecule is CCCNC1CCN(C2CC(OCC)C2)CC1C. The highest BCUT2D eigenvalue weighted by Crippen LogP contribution is 2.31. The molecule has 0 aromatic rings. The molecule has 1 N–H and O–H groups in total. The Morgan fingerprint density at radius 2 is 2.06 bits per heavy atom. The van der Waals surface area contributed by atoms with Crippen molar-refractivity contribution in [3.05, 3.63) is 0 Å². The Labute approximate surface area is 112 Å². The first kappa shape index (κ1) is 14.3. The van der Waals surface area contributed by atoms with E-state index in [9.17, 15) is 0 Å². The summed E-state index contributed by atoms with van der Waals surface area (Å²) in [6.45, 7) is 11.3. The second-order valence-electron chi connectivity index (χ2n) is 6.02. The summed E-state index contributed by atoms with van der Waals surface area (Å²) >= 11 is 0. The summed E-state index contributed by atoms with van der Waals surface area (Å²) < 4.78 is 5.66. The van der Waals surface area contributed by atoms with Crippen molar-refractivity contribution >= 4 is 0 Å². The van der Waals surface area contributed by atoms with Gasteiger partial charge < -0.3 is 10.1 Å². The van der Waals surface area contributed by atoms with E-state index in [0.717, 1.165) is 24.6 Å². The molecule has 0 spiro atoms. The van der Waals surface area contributed by atoms with Gasteiger partial charge in [0.15, 0.2) is 0 Å². The Kier molecular flexibility index (Phi) is 5.46. The van der Waals surface area contributed by atoms with Crippen LogP contribution < -0.4 is 5.32 Å². The van der Waals surface area contributed by atoms with Crippen molar-refractivity contribution in [2.24, 2.45) is 5.92 Å². The Morgan fingerprint density at radius 1 is 1.28 bits per heavy atom. The van der Waals surface area contributed by atoms with Gasteiger partial charge in [-0.05, 0) is 51.6 Å². The molecule has 2 fully saturated rings. The van der Waals surface area contributed by atoms with Crippen LogP contribution in [0, 0.1) is 5.92 Å². The van der Waals surface area contributed by atoms with Gasteiger partial charge in [0.1, 0.15) is 0 Å². The molecule has 2 aliphatic rings. The minimum Gasteiger partial charge on any atom is -0.378 e. The molecule has 2 unspecified atom stereocenters. The van der Waals surface area contributed by atoms with Gasteiger partial charge in [-0.15, -0.1) is 0 Å². The van der Waals surface area contributed by atoms with Crippen molar-refractivity contribution in [1.29, 1.82) is 0 Å². The van der Waals surface area contributed by atoms with Crippen LogP contribution in [0.5, 0.6) is 0 Å². The lowest BCUT2D eigenvalue weighted by Gasteiger charge is -2.47. The second-order valence-corrected chi connectivity index (χ2v) is 6.02. The van der Waals surface area contributed by atoms with Crippen LogP contribution in [-0.4, -0.2) is 49.3 Å². The third kappa shape index (κ3) is 3.46. The monoisotopic (exact) mass is 254 g/mol. The Morgan fingerprint density at radius 3 is 2.67 bits per heavy atom.